The first-order valence-electron chi connectivity index (χ1n) is 6.33. The van der Waals surface area contributed by atoms with Crippen LogP contribution in [0.25, 0.3) is 0 Å². The third kappa shape index (κ3) is 19.5. The van der Waals surface area contributed by atoms with Gasteiger partial charge in [-0.1, -0.05) is 43.4 Å². The summed E-state index contributed by atoms with van der Waals surface area (Å²) in [6.07, 6.45) is 6.19. The molecule has 1 aromatic rings. The van der Waals surface area contributed by atoms with Gasteiger partial charge in [0.25, 0.3) is 0 Å². The average Bonchev–Trinajstić information content (AvgIpc) is 2.48. The fraction of sp³-hybridized carbons (Fsp3) is 0.188. The zero-order valence-electron chi connectivity index (χ0n) is 12.0. The van der Waals surface area contributed by atoms with Gasteiger partial charge in [-0.2, -0.15) is 0 Å². The Hall–Kier alpha value is 1.21. The number of aliphatic carboxylic acids is 1. The van der Waals surface area contributed by atoms with Crippen molar-refractivity contribution in [2.45, 2.75) is 20.3 Å². The van der Waals surface area contributed by atoms with Gasteiger partial charge in [0, 0.05) is 12.5 Å². The number of carbonyl (C=O) groups is 3. The van der Waals surface area contributed by atoms with Crippen molar-refractivity contribution in [1.82, 2.24) is 0 Å². The van der Waals surface area contributed by atoms with Gasteiger partial charge in [-0.25, -0.2) is 9.59 Å². The zero-order chi connectivity index (χ0) is 16.1. The third-order valence-electron chi connectivity index (χ3n) is 2.05. The van der Waals surface area contributed by atoms with Crippen LogP contribution in [-0.2, 0) is 14.3 Å². The molecule has 8 heteroatoms. The van der Waals surface area contributed by atoms with E-state index in [-0.39, 0.29) is 125 Å². The van der Waals surface area contributed by atoms with Crippen molar-refractivity contribution < 1.29 is 24.2 Å². The Morgan fingerprint density at radius 1 is 1.12 bits per heavy atom. The van der Waals surface area contributed by atoms with Crippen LogP contribution in [0.3, 0.4) is 0 Å². The Balaban J connectivity index is -0.000000162. The first kappa shape index (κ1) is 32.8. The van der Waals surface area contributed by atoms with Crippen molar-refractivity contribution in [3.63, 3.8) is 0 Å². The number of rotatable bonds is 4. The predicted octanol–water partition coefficient (Wildman–Crippen LogP) is 0.770. The molecular weight excluding hydrogens is 374 g/mol. The third-order valence-corrected chi connectivity index (χ3v) is 2.05. The van der Waals surface area contributed by atoms with Crippen molar-refractivity contribution in [3.8, 4) is 0 Å². The van der Waals surface area contributed by atoms with E-state index in [1.807, 2.05) is 6.92 Å². The van der Waals surface area contributed by atoms with E-state index in [9.17, 15) is 14.4 Å². The number of hydrogen-bond acceptors (Lipinski definition) is 4. The summed E-state index contributed by atoms with van der Waals surface area (Å²) >= 11 is 0. The summed E-state index contributed by atoms with van der Waals surface area (Å²) in [6.45, 7) is 3.47. The molecule has 120 valence electrons. The molecule has 0 saturated heterocycles. The molecule has 0 spiro atoms. The Morgan fingerprint density at radius 3 is 2.08 bits per heavy atom. The summed E-state index contributed by atoms with van der Waals surface area (Å²) in [4.78, 5) is 31.7. The first-order chi connectivity index (χ1) is 10.0. The van der Waals surface area contributed by atoms with Gasteiger partial charge >= 0.3 is 137 Å². The molecule has 0 radical (unpaired) electrons. The molecule has 0 atom stereocenters. The number of carboxylic acids is 1. The molecule has 0 aromatic heterocycles. The number of ether oxygens (including phenoxy) is 1. The Morgan fingerprint density at radius 2 is 1.67 bits per heavy atom. The van der Waals surface area contributed by atoms with Crippen LogP contribution in [-0.4, -0.2) is 142 Å². The first-order valence-corrected chi connectivity index (χ1v) is 6.33. The summed E-state index contributed by atoms with van der Waals surface area (Å²) in [6, 6.07) is 8.43. The number of esters is 2. The molecule has 0 bridgehead atoms. The number of carbonyl (C=O) groups excluding carboxylic acids is 2. The molecular formula is C16H22CaKNaO5. The summed E-state index contributed by atoms with van der Waals surface area (Å²) < 4.78 is 4.51. The summed E-state index contributed by atoms with van der Waals surface area (Å²) in [7, 11) is 0. The van der Waals surface area contributed by atoms with Gasteiger partial charge in [0.2, 0.25) is 0 Å². The van der Waals surface area contributed by atoms with Crippen LogP contribution >= 0.6 is 0 Å². The van der Waals surface area contributed by atoms with Gasteiger partial charge in [0.05, 0.1) is 5.56 Å². The van der Waals surface area contributed by atoms with Crippen LogP contribution in [0.2, 0.25) is 0 Å². The van der Waals surface area contributed by atoms with Crippen LogP contribution < -0.4 is 0 Å². The molecule has 0 unspecified atom stereocenters. The van der Waals surface area contributed by atoms with Gasteiger partial charge in [-0.3, -0.25) is 4.79 Å². The number of benzene rings is 1. The maximum atomic E-state index is 11.2. The normalized spacial score (nSPS) is 8.75. The average molecular weight is 397 g/mol. The van der Waals surface area contributed by atoms with E-state index in [1.54, 1.807) is 49.4 Å². The van der Waals surface area contributed by atoms with Crippen LogP contribution in [0.15, 0.2) is 54.6 Å². The van der Waals surface area contributed by atoms with Crippen LogP contribution in [0.1, 0.15) is 30.6 Å². The maximum absolute atomic E-state index is 11.2. The molecule has 24 heavy (non-hydrogen) atoms. The predicted molar refractivity (Wildman–Crippen MR) is 102 cm³/mol. The van der Waals surface area contributed by atoms with Crippen molar-refractivity contribution in [1.29, 1.82) is 0 Å². The van der Waals surface area contributed by atoms with E-state index in [1.165, 1.54) is 6.08 Å². The van der Waals surface area contributed by atoms with Gasteiger partial charge in [-0.05, 0) is 19.1 Å². The Labute approximate surface area is 237 Å². The quantitative estimate of drug-likeness (QED) is 0.267. The minimum atomic E-state index is -0.914. The van der Waals surface area contributed by atoms with Crippen molar-refractivity contribution in [3.05, 3.63) is 60.2 Å². The Bertz CT molecular complexity index is 533. The van der Waals surface area contributed by atoms with E-state index in [0.717, 1.165) is 6.08 Å². The van der Waals surface area contributed by atoms with E-state index in [4.69, 9.17) is 5.11 Å². The van der Waals surface area contributed by atoms with Gasteiger partial charge < -0.3 is 9.84 Å². The minimum absolute atomic E-state index is 0. The van der Waals surface area contributed by atoms with Crippen molar-refractivity contribution >= 4 is 137 Å². The van der Waals surface area contributed by atoms with Gasteiger partial charge in [-0.15, -0.1) is 0 Å². The molecule has 0 amide bonds. The van der Waals surface area contributed by atoms with E-state index in [0.29, 0.717) is 5.56 Å². The second-order valence-electron chi connectivity index (χ2n) is 3.70. The second kappa shape index (κ2) is 22.2. The second-order valence-corrected chi connectivity index (χ2v) is 3.70. The molecule has 1 N–H and O–H groups in total. The van der Waals surface area contributed by atoms with E-state index in [2.05, 4.69) is 4.74 Å². The summed E-state index contributed by atoms with van der Waals surface area (Å²) in [5, 5.41) is 8.02. The molecule has 1 rings (SSSR count). The summed E-state index contributed by atoms with van der Waals surface area (Å²) in [5.41, 5.74) is 0.393. The summed E-state index contributed by atoms with van der Waals surface area (Å²) in [5.74, 6) is -2.01. The van der Waals surface area contributed by atoms with Crippen molar-refractivity contribution in [2.75, 3.05) is 0 Å². The van der Waals surface area contributed by atoms with Gasteiger partial charge in [0.1, 0.15) is 0 Å². The van der Waals surface area contributed by atoms with Gasteiger partial charge in [0.15, 0.2) is 0 Å². The van der Waals surface area contributed by atoms with E-state index < -0.39 is 17.9 Å². The standard InChI is InChI=1S/C10H10O3.C6H8O2.Ca.K.Na.4H/c1-2-9(11)13-10(12)8-6-4-3-5-7-8;1-2-3-4-5-6(7)8;;;;;;;/h3-7H,2H2,1H3;2-5H,1H3,(H,7,8);;;;;;;/b;3-2+,5-4+;;;;;;;. The van der Waals surface area contributed by atoms with Crippen LogP contribution in [0, 0.1) is 0 Å². The monoisotopic (exact) mass is 396 g/mol. The molecule has 0 heterocycles. The zero-order valence-corrected chi connectivity index (χ0v) is 12.0. The topological polar surface area (TPSA) is 80.7 Å². The van der Waals surface area contributed by atoms with E-state index >= 15 is 0 Å². The van der Waals surface area contributed by atoms with Crippen LogP contribution in [0.5, 0.6) is 0 Å². The molecule has 0 fully saturated rings. The Kier molecular flexibility index (Phi) is 30.4. The molecule has 5 nitrogen and oxygen atoms in total. The molecule has 0 aliphatic heterocycles. The molecule has 0 aliphatic rings. The number of carboxylic acid groups (broad SMARTS) is 1. The van der Waals surface area contributed by atoms with Crippen LogP contribution in [0.4, 0.5) is 0 Å². The molecule has 0 aliphatic carbocycles. The fourth-order valence-electron chi connectivity index (χ4n) is 1.06. The molecule has 1 aromatic carbocycles. The SMILES string of the molecule is C/C=C/C=C/C(=O)O.CCC(=O)OC(=O)c1ccccc1.[CaH2].[KH].[NaH]. The molecule has 0 saturated carbocycles. The number of allylic oxidation sites excluding steroid dienone is 3. The van der Waals surface area contributed by atoms with Crippen molar-refractivity contribution in [2.24, 2.45) is 0 Å². The fourth-order valence-corrected chi connectivity index (χ4v) is 1.06. The number of hydrogen-bond donors (Lipinski definition) is 1.